The third-order valence-corrected chi connectivity index (χ3v) is 3.63. The summed E-state index contributed by atoms with van der Waals surface area (Å²) in [5.74, 6) is -3.18. The Bertz CT molecular complexity index is 392. The van der Waals surface area contributed by atoms with Crippen LogP contribution in [0.25, 0.3) is 0 Å². The monoisotopic (exact) mass is 292 g/mol. The van der Waals surface area contributed by atoms with E-state index >= 15 is 0 Å². The van der Waals surface area contributed by atoms with E-state index in [4.69, 9.17) is 15.2 Å². The maximum absolute atomic E-state index is 14.5. The topological polar surface area (TPSA) is 64.8 Å². The summed E-state index contributed by atoms with van der Waals surface area (Å²) in [6.45, 7) is 5.19. The highest BCUT2D eigenvalue weighted by atomic mass is 19.3. The van der Waals surface area contributed by atoms with Crippen LogP contribution in [-0.4, -0.2) is 53.9 Å². The highest BCUT2D eigenvalue weighted by Crippen LogP contribution is 2.49. The predicted molar refractivity (Wildman–Crippen MR) is 68.6 cm³/mol. The van der Waals surface area contributed by atoms with Crippen molar-refractivity contribution in [2.24, 2.45) is 5.73 Å². The quantitative estimate of drug-likeness (QED) is 0.842. The van der Waals surface area contributed by atoms with Gasteiger partial charge >= 0.3 is 6.09 Å². The van der Waals surface area contributed by atoms with Crippen molar-refractivity contribution in [3.05, 3.63) is 0 Å². The van der Waals surface area contributed by atoms with Crippen LogP contribution in [0.3, 0.4) is 0 Å². The van der Waals surface area contributed by atoms with Crippen molar-refractivity contribution < 1.29 is 23.0 Å². The van der Waals surface area contributed by atoms with Crippen LogP contribution in [-0.2, 0) is 9.47 Å². The molecule has 1 saturated heterocycles. The highest BCUT2D eigenvalue weighted by molar-refractivity contribution is 5.69. The molecule has 0 aromatic heterocycles. The van der Waals surface area contributed by atoms with E-state index < -0.39 is 29.2 Å². The molecule has 1 saturated carbocycles. The number of amides is 1. The average molecular weight is 292 g/mol. The molecule has 2 fully saturated rings. The summed E-state index contributed by atoms with van der Waals surface area (Å²) < 4.78 is 39.2. The fourth-order valence-electron chi connectivity index (χ4n) is 2.24. The predicted octanol–water partition coefficient (Wildman–Crippen LogP) is 1.75. The van der Waals surface area contributed by atoms with Crippen LogP contribution in [0.4, 0.5) is 13.6 Å². The number of morpholine rings is 1. The van der Waals surface area contributed by atoms with Crippen molar-refractivity contribution in [1.82, 2.24) is 4.90 Å². The number of hydrogen-bond donors (Lipinski definition) is 1. The number of rotatable bonds is 2. The summed E-state index contributed by atoms with van der Waals surface area (Å²) >= 11 is 0. The van der Waals surface area contributed by atoms with Gasteiger partial charge in [0.05, 0.1) is 18.8 Å². The van der Waals surface area contributed by atoms with E-state index in [1.165, 1.54) is 0 Å². The Labute approximate surface area is 117 Å². The van der Waals surface area contributed by atoms with Crippen LogP contribution in [0.5, 0.6) is 0 Å². The van der Waals surface area contributed by atoms with Crippen LogP contribution in [0.1, 0.15) is 33.6 Å². The first-order chi connectivity index (χ1) is 9.07. The molecule has 2 rings (SSSR count). The smallest absolute Gasteiger partial charge is 0.410 e. The van der Waals surface area contributed by atoms with Gasteiger partial charge < -0.3 is 15.2 Å². The van der Waals surface area contributed by atoms with E-state index in [1.54, 1.807) is 20.8 Å². The van der Waals surface area contributed by atoms with Crippen LogP contribution in [0.15, 0.2) is 0 Å². The van der Waals surface area contributed by atoms with Gasteiger partial charge in [0.25, 0.3) is 5.92 Å². The Morgan fingerprint density at radius 1 is 1.40 bits per heavy atom. The second kappa shape index (κ2) is 4.80. The lowest BCUT2D eigenvalue weighted by atomic mass is 9.99. The number of ether oxygens (including phenoxy) is 2. The number of carbonyl (C=O) groups excluding carboxylic acids is 1. The minimum atomic E-state index is -3.18. The highest BCUT2D eigenvalue weighted by Gasteiger charge is 2.65. The number of hydrogen-bond acceptors (Lipinski definition) is 4. The van der Waals surface area contributed by atoms with E-state index in [1.807, 2.05) is 0 Å². The zero-order chi connectivity index (χ0) is 15.2. The van der Waals surface area contributed by atoms with Gasteiger partial charge in [0.15, 0.2) is 0 Å². The Morgan fingerprint density at radius 3 is 2.50 bits per heavy atom. The molecule has 1 aliphatic carbocycles. The summed E-state index contributed by atoms with van der Waals surface area (Å²) in [5, 5.41) is 0. The van der Waals surface area contributed by atoms with Gasteiger partial charge in [0, 0.05) is 6.54 Å². The van der Waals surface area contributed by atoms with Crippen LogP contribution in [0, 0.1) is 0 Å². The molecule has 2 N–H and O–H groups in total. The molecule has 0 aromatic carbocycles. The molecular formula is C13H22F2N2O3. The van der Waals surface area contributed by atoms with Gasteiger partial charge in [-0.3, -0.25) is 4.90 Å². The third-order valence-electron chi connectivity index (χ3n) is 3.63. The molecule has 5 nitrogen and oxygen atoms in total. The fraction of sp³-hybridized carbons (Fsp3) is 0.923. The molecule has 1 unspecified atom stereocenters. The summed E-state index contributed by atoms with van der Waals surface area (Å²) in [5.41, 5.74) is 3.42. The normalized spacial score (nSPS) is 26.3. The zero-order valence-corrected chi connectivity index (χ0v) is 12.1. The van der Waals surface area contributed by atoms with Gasteiger partial charge in [-0.2, -0.15) is 0 Å². The lowest BCUT2D eigenvalue weighted by Gasteiger charge is -2.42. The summed E-state index contributed by atoms with van der Waals surface area (Å²) in [4.78, 5) is 13.1. The lowest BCUT2D eigenvalue weighted by molar-refractivity contribution is -0.149. The van der Waals surface area contributed by atoms with Gasteiger partial charge in [-0.25, -0.2) is 13.6 Å². The Kier molecular flexibility index (Phi) is 3.71. The van der Waals surface area contributed by atoms with Gasteiger partial charge in [-0.1, -0.05) is 0 Å². The van der Waals surface area contributed by atoms with E-state index in [-0.39, 0.29) is 32.6 Å². The summed E-state index contributed by atoms with van der Waals surface area (Å²) in [6.07, 6.45) is -0.216. The molecule has 1 aliphatic heterocycles. The number of alkyl halides is 2. The molecule has 0 aromatic rings. The van der Waals surface area contributed by atoms with Crippen molar-refractivity contribution in [3.8, 4) is 0 Å². The Hall–Kier alpha value is -0.950. The van der Waals surface area contributed by atoms with Crippen LogP contribution < -0.4 is 5.73 Å². The number of nitrogens with two attached hydrogens (primary N) is 1. The zero-order valence-electron chi connectivity index (χ0n) is 12.1. The maximum atomic E-state index is 14.5. The van der Waals surface area contributed by atoms with Crippen LogP contribution >= 0.6 is 0 Å². The van der Waals surface area contributed by atoms with Gasteiger partial charge in [0.2, 0.25) is 0 Å². The fourth-order valence-corrected chi connectivity index (χ4v) is 2.24. The second-order valence-corrected chi connectivity index (χ2v) is 6.54. The van der Waals surface area contributed by atoms with E-state index in [0.717, 1.165) is 4.90 Å². The molecule has 2 aliphatic rings. The molecule has 0 radical (unpaired) electrons. The van der Waals surface area contributed by atoms with E-state index in [0.29, 0.717) is 0 Å². The molecule has 116 valence electrons. The molecule has 20 heavy (non-hydrogen) atoms. The van der Waals surface area contributed by atoms with Crippen LogP contribution in [0.2, 0.25) is 0 Å². The van der Waals surface area contributed by atoms with E-state index in [2.05, 4.69) is 0 Å². The lowest BCUT2D eigenvalue weighted by Crippen LogP contribution is -2.64. The first kappa shape index (κ1) is 15.4. The minimum Gasteiger partial charge on any atom is -0.444 e. The number of carbonyl (C=O) groups is 1. The van der Waals surface area contributed by atoms with Crippen molar-refractivity contribution in [2.75, 3.05) is 19.8 Å². The number of nitrogens with zero attached hydrogens (tertiary/aromatic N) is 1. The summed E-state index contributed by atoms with van der Waals surface area (Å²) in [7, 11) is 0. The second-order valence-electron chi connectivity index (χ2n) is 6.54. The van der Waals surface area contributed by atoms with E-state index in [9.17, 15) is 13.6 Å². The average Bonchev–Trinajstić information content (AvgIpc) is 3.07. The molecule has 1 atom stereocenters. The van der Waals surface area contributed by atoms with Gasteiger partial charge in [0.1, 0.15) is 11.6 Å². The molecule has 1 amide bonds. The van der Waals surface area contributed by atoms with Crippen molar-refractivity contribution >= 4 is 6.09 Å². The molecule has 1 heterocycles. The molecule has 0 bridgehead atoms. The largest absolute Gasteiger partial charge is 0.444 e. The molecular weight excluding hydrogens is 270 g/mol. The SMILES string of the molecule is CC(C)(C)OC(=O)N1CCOCC1C(F)(F)C1(N)CC1. The Morgan fingerprint density at radius 2 is 2.00 bits per heavy atom. The Balaban J connectivity index is 2.15. The van der Waals surface area contributed by atoms with Crippen molar-refractivity contribution in [3.63, 3.8) is 0 Å². The first-order valence-corrected chi connectivity index (χ1v) is 6.81. The number of halogens is 2. The third kappa shape index (κ3) is 2.88. The van der Waals surface area contributed by atoms with Gasteiger partial charge in [-0.15, -0.1) is 0 Å². The molecule has 0 spiro atoms. The first-order valence-electron chi connectivity index (χ1n) is 6.81. The standard InChI is InChI=1S/C13H22F2N2O3/c1-11(2,3)20-10(18)17-6-7-19-8-9(17)13(14,15)12(16)4-5-12/h9H,4-8,16H2,1-3H3. The van der Waals surface area contributed by atoms with Gasteiger partial charge in [-0.05, 0) is 33.6 Å². The maximum Gasteiger partial charge on any atom is 0.410 e. The summed E-state index contributed by atoms with van der Waals surface area (Å²) in [6, 6.07) is -1.36. The molecule has 7 heteroatoms. The van der Waals surface area contributed by atoms with Crippen molar-refractivity contribution in [2.45, 2.75) is 56.7 Å². The minimum absolute atomic E-state index is 0.0885. The van der Waals surface area contributed by atoms with Crippen molar-refractivity contribution in [1.29, 1.82) is 0 Å².